The van der Waals surface area contributed by atoms with Crippen LogP contribution in [0.25, 0.3) is 6.08 Å². The van der Waals surface area contributed by atoms with Crippen LogP contribution in [0.5, 0.6) is 11.5 Å². The number of nitro groups is 1. The van der Waals surface area contributed by atoms with Gasteiger partial charge < -0.3 is 14.8 Å². The highest BCUT2D eigenvalue weighted by Gasteiger charge is 2.25. The molecule has 8 nitrogen and oxygen atoms in total. The van der Waals surface area contributed by atoms with Crippen LogP contribution in [-0.2, 0) is 11.4 Å². The van der Waals surface area contributed by atoms with E-state index in [-0.39, 0.29) is 11.6 Å². The summed E-state index contributed by atoms with van der Waals surface area (Å²) in [6.45, 7) is 0.381. The number of carbonyl (C=O) groups is 1. The molecule has 0 radical (unpaired) electrons. The number of halogens is 2. The molecule has 0 aliphatic carbocycles. The molecule has 1 amide bonds. The zero-order valence-corrected chi connectivity index (χ0v) is 22.1. The van der Waals surface area contributed by atoms with Gasteiger partial charge in [-0.2, -0.15) is 0 Å². The summed E-state index contributed by atoms with van der Waals surface area (Å²) < 4.78 is 12.6. The number of nitrogens with one attached hydrogen (secondary N) is 1. The fourth-order valence-electron chi connectivity index (χ4n) is 3.13. The Morgan fingerprint density at radius 1 is 1.11 bits per heavy atom. The number of thioether (sulfide) groups is 1. The summed E-state index contributed by atoms with van der Waals surface area (Å²) in [5.41, 5.74) is 2.17. The van der Waals surface area contributed by atoms with E-state index in [0.29, 0.717) is 42.8 Å². The standard InChI is InChI=1S/C24H17Br2N3O5S/c1-33-20-10-15(9-18(26)22(20)34-13-14-5-3-2-4-6-14)11-21-23(30)28-24(35-21)27-19-8-7-16(29(31)32)12-17(19)25/h2-12H,13H2,1H3,(H,27,28,30)/b21-11+. The molecule has 4 rings (SSSR count). The van der Waals surface area contributed by atoms with E-state index < -0.39 is 4.92 Å². The number of ether oxygens (including phenoxy) is 2. The molecule has 1 saturated heterocycles. The number of methoxy groups -OCH3 is 1. The van der Waals surface area contributed by atoms with Gasteiger partial charge in [0.25, 0.3) is 11.6 Å². The SMILES string of the molecule is COc1cc(/C=C2/SC(=Nc3ccc([N+](=O)[O-])cc3Br)NC2=O)cc(Br)c1OCc1ccccc1. The van der Waals surface area contributed by atoms with Crippen molar-refractivity contribution in [1.29, 1.82) is 0 Å². The van der Waals surface area contributed by atoms with E-state index in [1.807, 2.05) is 36.4 Å². The Kier molecular flexibility index (Phi) is 7.89. The van der Waals surface area contributed by atoms with Gasteiger partial charge >= 0.3 is 0 Å². The van der Waals surface area contributed by atoms with E-state index >= 15 is 0 Å². The molecule has 0 atom stereocenters. The second-order valence-electron chi connectivity index (χ2n) is 7.18. The normalized spacial score (nSPS) is 15.3. The third kappa shape index (κ3) is 6.11. The molecular formula is C24H17Br2N3O5S. The first-order valence-electron chi connectivity index (χ1n) is 10.1. The molecular weight excluding hydrogens is 602 g/mol. The monoisotopic (exact) mass is 617 g/mol. The molecule has 35 heavy (non-hydrogen) atoms. The van der Waals surface area contributed by atoms with Gasteiger partial charge in [-0.1, -0.05) is 30.3 Å². The molecule has 3 aromatic rings. The van der Waals surface area contributed by atoms with Crippen LogP contribution in [0.2, 0.25) is 0 Å². The minimum atomic E-state index is -0.487. The zero-order valence-electron chi connectivity index (χ0n) is 18.2. The second-order valence-corrected chi connectivity index (χ2v) is 9.92. The zero-order chi connectivity index (χ0) is 24.9. The number of aliphatic imine (C=N–C) groups is 1. The number of hydrogen-bond acceptors (Lipinski definition) is 7. The highest BCUT2D eigenvalue weighted by Crippen LogP contribution is 2.39. The topological polar surface area (TPSA) is 103 Å². The van der Waals surface area contributed by atoms with E-state index in [1.54, 1.807) is 19.3 Å². The molecule has 3 aromatic carbocycles. The molecule has 1 aliphatic rings. The Hall–Kier alpha value is -3.15. The number of nitro benzene ring substituents is 1. The molecule has 1 N–H and O–H groups in total. The van der Waals surface area contributed by atoms with Crippen molar-refractivity contribution in [1.82, 2.24) is 5.32 Å². The summed E-state index contributed by atoms with van der Waals surface area (Å²) in [6.07, 6.45) is 1.72. The van der Waals surface area contributed by atoms with Gasteiger partial charge in [-0.3, -0.25) is 14.9 Å². The number of amidine groups is 1. The predicted molar refractivity (Wildman–Crippen MR) is 143 cm³/mol. The van der Waals surface area contributed by atoms with Crippen molar-refractivity contribution >= 4 is 72.1 Å². The van der Waals surface area contributed by atoms with Gasteiger partial charge in [0, 0.05) is 12.1 Å². The van der Waals surface area contributed by atoms with Crippen molar-refractivity contribution < 1.29 is 19.2 Å². The Bertz CT molecular complexity index is 1360. The van der Waals surface area contributed by atoms with E-state index in [1.165, 1.54) is 30.0 Å². The molecule has 178 valence electrons. The summed E-state index contributed by atoms with van der Waals surface area (Å²) in [6, 6.07) is 17.6. The van der Waals surface area contributed by atoms with Gasteiger partial charge in [-0.25, -0.2) is 4.99 Å². The molecule has 1 fully saturated rings. The summed E-state index contributed by atoms with van der Waals surface area (Å²) in [4.78, 5) is 27.8. The Balaban J connectivity index is 1.54. The lowest BCUT2D eigenvalue weighted by molar-refractivity contribution is -0.384. The number of amides is 1. The number of benzene rings is 3. The van der Waals surface area contributed by atoms with Gasteiger partial charge in [0.05, 0.1) is 31.6 Å². The molecule has 0 unspecified atom stereocenters. The van der Waals surface area contributed by atoms with Crippen LogP contribution in [0, 0.1) is 10.1 Å². The van der Waals surface area contributed by atoms with Crippen molar-refractivity contribution in [3.8, 4) is 11.5 Å². The smallest absolute Gasteiger partial charge is 0.270 e. The number of carbonyl (C=O) groups excluding carboxylic acids is 1. The van der Waals surface area contributed by atoms with E-state index in [0.717, 1.165) is 11.1 Å². The maximum Gasteiger partial charge on any atom is 0.270 e. The van der Waals surface area contributed by atoms with Crippen molar-refractivity contribution in [2.45, 2.75) is 6.61 Å². The molecule has 11 heteroatoms. The molecule has 0 spiro atoms. The third-order valence-corrected chi connectivity index (χ3v) is 6.92. The molecule has 0 aromatic heterocycles. The van der Waals surface area contributed by atoms with Crippen LogP contribution >= 0.6 is 43.6 Å². The highest BCUT2D eigenvalue weighted by atomic mass is 79.9. The third-order valence-electron chi connectivity index (χ3n) is 4.79. The summed E-state index contributed by atoms with van der Waals surface area (Å²) in [7, 11) is 1.55. The minimum Gasteiger partial charge on any atom is -0.493 e. The van der Waals surface area contributed by atoms with Gasteiger partial charge in [0.2, 0.25) is 0 Å². The summed E-state index contributed by atoms with van der Waals surface area (Å²) in [5, 5.41) is 14.0. The van der Waals surface area contributed by atoms with Crippen molar-refractivity contribution in [2.75, 3.05) is 7.11 Å². The van der Waals surface area contributed by atoms with Crippen LogP contribution in [0.4, 0.5) is 11.4 Å². The predicted octanol–water partition coefficient (Wildman–Crippen LogP) is 6.60. The average Bonchev–Trinajstić information content (AvgIpc) is 3.18. The van der Waals surface area contributed by atoms with Crippen LogP contribution in [-0.4, -0.2) is 23.1 Å². The van der Waals surface area contributed by atoms with Crippen LogP contribution < -0.4 is 14.8 Å². The highest BCUT2D eigenvalue weighted by molar-refractivity contribution is 9.11. The fourth-order valence-corrected chi connectivity index (χ4v) is 5.00. The van der Waals surface area contributed by atoms with Crippen molar-refractivity contribution in [3.63, 3.8) is 0 Å². The van der Waals surface area contributed by atoms with E-state index in [2.05, 4.69) is 42.2 Å². The molecule has 0 bridgehead atoms. The maximum absolute atomic E-state index is 12.5. The Morgan fingerprint density at radius 3 is 2.57 bits per heavy atom. The van der Waals surface area contributed by atoms with Crippen molar-refractivity contribution in [2.24, 2.45) is 4.99 Å². The molecule has 1 heterocycles. The van der Waals surface area contributed by atoms with Crippen LogP contribution in [0.3, 0.4) is 0 Å². The first-order chi connectivity index (χ1) is 16.8. The van der Waals surface area contributed by atoms with E-state index in [9.17, 15) is 14.9 Å². The van der Waals surface area contributed by atoms with Crippen LogP contribution in [0.1, 0.15) is 11.1 Å². The first kappa shape index (κ1) is 25.0. The van der Waals surface area contributed by atoms with Gasteiger partial charge in [-0.15, -0.1) is 0 Å². The largest absolute Gasteiger partial charge is 0.493 e. The summed E-state index contributed by atoms with van der Waals surface area (Å²) >= 11 is 7.99. The van der Waals surface area contributed by atoms with Gasteiger partial charge in [0.15, 0.2) is 16.7 Å². The number of rotatable bonds is 7. The first-order valence-corrected chi connectivity index (χ1v) is 12.5. The second kappa shape index (κ2) is 11.1. The summed E-state index contributed by atoms with van der Waals surface area (Å²) in [5.74, 6) is 0.785. The minimum absolute atomic E-state index is 0.0553. The number of nitrogens with zero attached hydrogens (tertiary/aromatic N) is 2. The fraction of sp³-hybridized carbons (Fsp3) is 0.0833. The molecule has 0 saturated carbocycles. The van der Waals surface area contributed by atoms with E-state index in [4.69, 9.17) is 9.47 Å². The number of non-ortho nitro benzene ring substituents is 1. The Labute approximate surface area is 221 Å². The van der Waals surface area contributed by atoms with Gasteiger partial charge in [-0.05, 0) is 79.0 Å². The van der Waals surface area contributed by atoms with Crippen LogP contribution in [0.15, 0.2) is 79.5 Å². The van der Waals surface area contributed by atoms with Gasteiger partial charge in [0.1, 0.15) is 6.61 Å². The van der Waals surface area contributed by atoms with Crippen molar-refractivity contribution in [3.05, 3.63) is 95.8 Å². The maximum atomic E-state index is 12.5. The average molecular weight is 619 g/mol. The number of hydrogen-bond donors (Lipinski definition) is 1. The lowest BCUT2D eigenvalue weighted by Crippen LogP contribution is -2.19. The lowest BCUT2D eigenvalue weighted by Gasteiger charge is -2.13. The lowest BCUT2D eigenvalue weighted by atomic mass is 10.2. The Morgan fingerprint density at radius 2 is 1.89 bits per heavy atom. The molecule has 1 aliphatic heterocycles. The quantitative estimate of drug-likeness (QED) is 0.182.